The van der Waals surface area contributed by atoms with E-state index in [9.17, 15) is 4.79 Å². The fraction of sp³-hybridized carbons (Fsp3) is 0.938. The summed E-state index contributed by atoms with van der Waals surface area (Å²) in [6.45, 7) is 6.57. The Labute approximate surface area is 111 Å². The monoisotopic (exact) mass is 252 g/mol. The molecule has 0 N–H and O–H groups in total. The molecule has 2 fully saturated rings. The fourth-order valence-electron chi connectivity index (χ4n) is 3.65. The van der Waals surface area contributed by atoms with E-state index in [4.69, 9.17) is 4.74 Å². The average molecular weight is 252 g/mol. The molecule has 0 aromatic rings. The van der Waals surface area contributed by atoms with Crippen molar-refractivity contribution in [2.24, 2.45) is 17.8 Å². The molecule has 0 spiro atoms. The minimum Gasteiger partial charge on any atom is -0.459 e. The third-order valence-corrected chi connectivity index (χ3v) is 5.19. The Kier molecular flexibility index (Phi) is 4.34. The molecule has 2 nitrogen and oxygen atoms in total. The molecule has 2 rings (SSSR count). The quantitative estimate of drug-likeness (QED) is 0.699. The van der Waals surface area contributed by atoms with Gasteiger partial charge in [0.2, 0.25) is 0 Å². The van der Waals surface area contributed by atoms with Gasteiger partial charge in [0.25, 0.3) is 0 Å². The molecule has 0 bridgehead atoms. The van der Waals surface area contributed by atoms with Gasteiger partial charge in [0, 0.05) is 0 Å². The zero-order valence-electron chi connectivity index (χ0n) is 12.2. The van der Waals surface area contributed by atoms with Gasteiger partial charge in [-0.05, 0) is 57.3 Å². The molecule has 18 heavy (non-hydrogen) atoms. The summed E-state index contributed by atoms with van der Waals surface area (Å²) >= 11 is 0. The summed E-state index contributed by atoms with van der Waals surface area (Å²) in [6, 6.07) is 0. The van der Waals surface area contributed by atoms with Gasteiger partial charge in [-0.1, -0.05) is 26.7 Å². The van der Waals surface area contributed by atoms with Crippen LogP contribution in [-0.4, -0.2) is 11.6 Å². The lowest BCUT2D eigenvalue weighted by Gasteiger charge is -2.35. The molecule has 0 aromatic carbocycles. The van der Waals surface area contributed by atoms with Gasteiger partial charge in [-0.15, -0.1) is 0 Å². The van der Waals surface area contributed by atoms with Crippen LogP contribution in [0, 0.1) is 17.8 Å². The van der Waals surface area contributed by atoms with Crippen molar-refractivity contribution < 1.29 is 9.53 Å². The molecule has 2 saturated carbocycles. The summed E-state index contributed by atoms with van der Waals surface area (Å²) in [5.74, 6) is 1.48. The van der Waals surface area contributed by atoms with E-state index in [2.05, 4.69) is 20.8 Å². The number of hydrogen-bond donors (Lipinski definition) is 0. The summed E-state index contributed by atoms with van der Waals surface area (Å²) in [7, 11) is 0. The third-order valence-electron chi connectivity index (χ3n) is 5.19. The molecule has 0 heterocycles. The molecular weight excluding hydrogens is 224 g/mol. The minimum absolute atomic E-state index is 0.0880. The van der Waals surface area contributed by atoms with Crippen LogP contribution in [0.1, 0.15) is 72.1 Å². The highest BCUT2D eigenvalue weighted by Crippen LogP contribution is 2.39. The Hall–Kier alpha value is -0.530. The van der Waals surface area contributed by atoms with Crippen LogP contribution in [0.2, 0.25) is 0 Å². The molecule has 0 radical (unpaired) electrons. The van der Waals surface area contributed by atoms with Crippen LogP contribution in [0.5, 0.6) is 0 Å². The second-order valence-corrected chi connectivity index (χ2v) is 6.75. The van der Waals surface area contributed by atoms with E-state index in [1.807, 2.05) is 0 Å². The summed E-state index contributed by atoms with van der Waals surface area (Å²) < 4.78 is 5.86. The highest BCUT2D eigenvalue weighted by atomic mass is 16.6. The molecule has 0 amide bonds. The molecule has 0 saturated heterocycles. The van der Waals surface area contributed by atoms with E-state index in [1.165, 1.54) is 32.1 Å². The van der Waals surface area contributed by atoms with Gasteiger partial charge in [-0.25, -0.2) is 0 Å². The summed E-state index contributed by atoms with van der Waals surface area (Å²) in [5, 5.41) is 0. The van der Waals surface area contributed by atoms with E-state index in [0.29, 0.717) is 5.92 Å². The van der Waals surface area contributed by atoms with E-state index in [-0.39, 0.29) is 17.5 Å². The fourth-order valence-corrected chi connectivity index (χ4v) is 3.65. The maximum absolute atomic E-state index is 12.4. The summed E-state index contributed by atoms with van der Waals surface area (Å²) in [5.41, 5.74) is -0.157. The van der Waals surface area contributed by atoms with Gasteiger partial charge in [-0.2, -0.15) is 0 Å². The lowest BCUT2D eigenvalue weighted by Crippen LogP contribution is -2.36. The maximum Gasteiger partial charge on any atom is 0.309 e. The first kappa shape index (κ1) is 13.9. The van der Waals surface area contributed by atoms with Crippen LogP contribution in [-0.2, 0) is 9.53 Å². The number of ether oxygens (including phenoxy) is 1. The second kappa shape index (κ2) is 5.63. The number of carbonyl (C=O) groups excluding carboxylic acids is 1. The first-order valence-electron chi connectivity index (χ1n) is 7.77. The predicted octanol–water partition coefficient (Wildman–Crippen LogP) is 4.32. The normalized spacial score (nSPS) is 35.4. The maximum atomic E-state index is 12.4. The Morgan fingerprint density at radius 3 is 2.56 bits per heavy atom. The largest absolute Gasteiger partial charge is 0.459 e. The van der Waals surface area contributed by atoms with E-state index < -0.39 is 0 Å². The molecule has 2 aliphatic carbocycles. The zero-order valence-corrected chi connectivity index (χ0v) is 12.2. The van der Waals surface area contributed by atoms with Crippen molar-refractivity contribution in [1.82, 2.24) is 0 Å². The molecule has 104 valence electrons. The van der Waals surface area contributed by atoms with Gasteiger partial charge in [0.05, 0.1) is 5.92 Å². The first-order chi connectivity index (χ1) is 8.54. The van der Waals surface area contributed by atoms with E-state index >= 15 is 0 Å². The number of carbonyl (C=O) groups is 1. The van der Waals surface area contributed by atoms with Crippen LogP contribution < -0.4 is 0 Å². The molecular formula is C16H28O2. The van der Waals surface area contributed by atoms with Crippen molar-refractivity contribution in [3.05, 3.63) is 0 Å². The summed E-state index contributed by atoms with van der Waals surface area (Å²) in [4.78, 5) is 12.4. The molecule has 3 atom stereocenters. The summed E-state index contributed by atoms with van der Waals surface area (Å²) in [6.07, 6.45) is 9.26. The topological polar surface area (TPSA) is 26.3 Å². The minimum atomic E-state index is -0.157. The van der Waals surface area contributed by atoms with Crippen LogP contribution in [0.3, 0.4) is 0 Å². The van der Waals surface area contributed by atoms with Crippen LogP contribution in [0.15, 0.2) is 0 Å². The van der Waals surface area contributed by atoms with Gasteiger partial charge in [0.1, 0.15) is 5.60 Å². The Bertz CT molecular complexity index is 291. The van der Waals surface area contributed by atoms with Gasteiger partial charge in [-0.3, -0.25) is 4.79 Å². The Morgan fingerprint density at radius 2 is 1.94 bits per heavy atom. The third kappa shape index (κ3) is 3.07. The van der Waals surface area contributed by atoms with Crippen molar-refractivity contribution in [2.45, 2.75) is 77.7 Å². The van der Waals surface area contributed by atoms with E-state index in [0.717, 1.165) is 25.2 Å². The predicted molar refractivity (Wildman–Crippen MR) is 73.3 cm³/mol. The van der Waals surface area contributed by atoms with Crippen molar-refractivity contribution in [1.29, 1.82) is 0 Å². The van der Waals surface area contributed by atoms with Crippen LogP contribution >= 0.6 is 0 Å². The van der Waals surface area contributed by atoms with Crippen molar-refractivity contribution in [2.75, 3.05) is 0 Å². The van der Waals surface area contributed by atoms with E-state index in [1.54, 1.807) is 0 Å². The van der Waals surface area contributed by atoms with Crippen LogP contribution in [0.25, 0.3) is 0 Å². The standard InChI is InChI=1S/C16H28O2/c1-4-13-8-7-12(2)14(11-13)15(17)18-16(3)9-5-6-10-16/h12-14H,4-11H2,1-3H3. The number of rotatable bonds is 3. The lowest BCUT2D eigenvalue weighted by molar-refractivity contribution is -0.166. The molecule has 0 aromatic heterocycles. The smallest absolute Gasteiger partial charge is 0.309 e. The zero-order chi connectivity index (χ0) is 13.2. The van der Waals surface area contributed by atoms with Crippen LogP contribution in [0.4, 0.5) is 0 Å². The van der Waals surface area contributed by atoms with Gasteiger partial charge < -0.3 is 4.74 Å². The SMILES string of the molecule is CCC1CCC(C)C(C(=O)OC2(C)CCCC2)C1. The highest BCUT2D eigenvalue weighted by Gasteiger charge is 2.38. The number of esters is 1. The molecule has 2 heteroatoms. The average Bonchev–Trinajstić information content (AvgIpc) is 2.76. The van der Waals surface area contributed by atoms with Gasteiger partial charge in [0.15, 0.2) is 0 Å². The lowest BCUT2D eigenvalue weighted by atomic mass is 9.74. The second-order valence-electron chi connectivity index (χ2n) is 6.75. The van der Waals surface area contributed by atoms with Crippen molar-refractivity contribution >= 4 is 5.97 Å². The first-order valence-corrected chi connectivity index (χ1v) is 7.77. The van der Waals surface area contributed by atoms with Crippen molar-refractivity contribution in [3.63, 3.8) is 0 Å². The number of hydrogen-bond acceptors (Lipinski definition) is 2. The van der Waals surface area contributed by atoms with Gasteiger partial charge >= 0.3 is 5.97 Å². The Morgan fingerprint density at radius 1 is 1.28 bits per heavy atom. The molecule has 2 aliphatic rings. The Balaban J connectivity index is 1.94. The molecule has 0 aliphatic heterocycles. The highest BCUT2D eigenvalue weighted by molar-refractivity contribution is 5.73. The molecule has 3 unspecified atom stereocenters. The van der Waals surface area contributed by atoms with Crippen molar-refractivity contribution in [3.8, 4) is 0 Å².